The molecule has 0 heterocycles. The summed E-state index contributed by atoms with van der Waals surface area (Å²) in [6.07, 6.45) is 1.99. The van der Waals surface area contributed by atoms with Crippen molar-refractivity contribution in [2.24, 2.45) is 0 Å². The van der Waals surface area contributed by atoms with E-state index >= 15 is 0 Å². The summed E-state index contributed by atoms with van der Waals surface area (Å²) in [4.78, 5) is 10.3. The van der Waals surface area contributed by atoms with Crippen LogP contribution in [0.25, 0.3) is 0 Å². The van der Waals surface area contributed by atoms with E-state index in [0.29, 0.717) is 6.42 Å². The Morgan fingerprint density at radius 1 is 1.33 bits per heavy atom. The molecule has 6 nitrogen and oxygen atoms in total. The van der Waals surface area contributed by atoms with E-state index in [1.807, 2.05) is 6.92 Å². The van der Waals surface area contributed by atoms with Gasteiger partial charge in [-0.25, -0.2) is 4.79 Å². The molecule has 0 radical (unpaired) electrons. The SMILES string of the molecule is CCCCCCOS(=O)(=O)N(C)C(=O)O. The van der Waals surface area contributed by atoms with E-state index in [-0.39, 0.29) is 10.9 Å². The fourth-order valence-corrected chi connectivity index (χ4v) is 1.55. The molecule has 0 aromatic heterocycles. The van der Waals surface area contributed by atoms with Gasteiger partial charge in [-0.1, -0.05) is 26.2 Å². The summed E-state index contributed by atoms with van der Waals surface area (Å²) in [5, 5.41) is 8.43. The largest absolute Gasteiger partial charge is 0.464 e. The van der Waals surface area contributed by atoms with Crippen molar-refractivity contribution in [2.45, 2.75) is 32.6 Å². The molecule has 0 rings (SSSR count). The molecule has 0 aliphatic heterocycles. The highest BCUT2D eigenvalue weighted by Crippen LogP contribution is 2.04. The van der Waals surface area contributed by atoms with Crippen LogP contribution in [0.2, 0.25) is 0 Å². The average Bonchev–Trinajstić information content (AvgIpc) is 2.16. The van der Waals surface area contributed by atoms with Crippen molar-refractivity contribution in [1.82, 2.24) is 4.31 Å². The van der Waals surface area contributed by atoms with E-state index in [2.05, 4.69) is 4.18 Å². The van der Waals surface area contributed by atoms with Gasteiger partial charge in [-0.05, 0) is 6.42 Å². The topological polar surface area (TPSA) is 83.9 Å². The fourth-order valence-electron chi connectivity index (χ4n) is 0.868. The first-order chi connectivity index (χ1) is 6.91. The highest BCUT2D eigenvalue weighted by atomic mass is 32.2. The average molecular weight is 239 g/mol. The maximum absolute atomic E-state index is 11.1. The molecule has 1 N–H and O–H groups in total. The molecule has 0 bridgehead atoms. The molecule has 15 heavy (non-hydrogen) atoms. The number of carboxylic acid groups (broad SMARTS) is 1. The van der Waals surface area contributed by atoms with E-state index in [1.54, 1.807) is 0 Å². The van der Waals surface area contributed by atoms with Gasteiger partial charge in [0.05, 0.1) is 6.61 Å². The van der Waals surface area contributed by atoms with Gasteiger partial charge in [0.25, 0.3) is 0 Å². The van der Waals surface area contributed by atoms with E-state index in [9.17, 15) is 13.2 Å². The Bertz CT molecular complexity index is 287. The summed E-state index contributed by atoms with van der Waals surface area (Å²) < 4.78 is 26.9. The zero-order chi connectivity index (χ0) is 11.9. The molecule has 0 aromatic rings. The quantitative estimate of drug-likeness (QED) is 0.679. The molecule has 7 heteroatoms. The van der Waals surface area contributed by atoms with Crippen LogP contribution in [0.4, 0.5) is 4.79 Å². The lowest BCUT2D eigenvalue weighted by Gasteiger charge is -2.12. The lowest BCUT2D eigenvalue weighted by atomic mass is 10.2. The Balaban J connectivity index is 3.90. The Morgan fingerprint density at radius 3 is 2.40 bits per heavy atom. The lowest BCUT2D eigenvalue weighted by molar-refractivity contribution is 0.171. The van der Waals surface area contributed by atoms with Crippen molar-refractivity contribution in [3.05, 3.63) is 0 Å². The van der Waals surface area contributed by atoms with Crippen LogP contribution in [0.1, 0.15) is 32.6 Å². The van der Waals surface area contributed by atoms with Crippen LogP contribution in [0, 0.1) is 0 Å². The second-order valence-corrected chi connectivity index (χ2v) is 4.73. The second-order valence-electron chi connectivity index (χ2n) is 3.09. The molecule has 0 unspecified atom stereocenters. The van der Waals surface area contributed by atoms with Gasteiger partial charge in [0.1, 0.15) is 0 Å². The lowest BCUT2D eigenvalue weighted by Crippen LogP contribution is -2.33. The Labute approximate surface area is 90.1 Å². The normalized spacial score (nSPS) is 11.3. The molecular formula is C8H17NO5S. The Kier molecular flexibility index (Phi) is 6.26. The summed E-state index contributed by atoms with van der Waals surface area (Å²) in [6.45, 7) is 2.07. The summed E-state index contributed by atoms with van der Waals surface area (Å²) >= 11 is 0. The number of nitrogens with zero attached hydrogens (tertiary/aromatic N) is 1. The minimum Gasteiger partial charge on any atom is -0.464 e. The second kappa shape index (κ2) is 6.62. The Morgan fingerprint density at radius 2 is 1.93 bits per heavy atom. The number of rotatable bonds is 7. The predicted molar refractivity (Wildman–Crippen MR) is 54.8 cm³/mol. The molecule has 0 atom stereocenters. The van der Waals surface area contributed by atoms with E-state index in [0.717, 1.165) is 26.3 Å². The molecule has 0 aromatic carbocycles. The van der Waals surface area contributed by atoms with Gasteiger partial charge in [0.2, 0.25) is 0 Å². The smallest absolute Gasteiger partial charge is 0.422 e. The van der Waals surface area contributed by atoms with Gasteiger partial charge in [-0.15, -0.1) is 0 Å². The predicted octanol–water partition coefficient (Wildman–Crippen LogP) is 1.44. The molecule has 0 fully saturated rings. The van der Waals surface area contributed by atoms with Crippen molar-refractivity contribution in [3.63, 3.8) is 0 Å². The molecule has 0 saturated heterocycles. The van der Waals surface area contributed by atoms with Crippen LogP contribution < -0.4 is 0 Å². The van der Waals surface area contributed by atoms with Crippen molar-refractivity contribution in [2.75, 3.05) is 13.7 Å². The van der Waals surface area contributed by atoms with Crippen molar-refractivity contribution >= 4 is 16.4 Å². The highest BCUT2D eigenvalue weighted by Gasteiger charge is 2.23. The van der Waals surface area contributed by atoms with Gasteiger partial charge >= 0.3 is 16.4 Å². The van der Waals surface area contributed by atoms with Gasteiger partial charge in [0, 0.05) is 7.05 Å². The Hall–Kier alpha value is -0.820. The third-order valence-corrected chi connectivity index (χ3v) is 3.13. The van der Waals surface area contributed by atoms with Crippen LogP contribution in [-0.2, 0) is 14.5 Å². The molecule has 90 valence electrons. The molecule has 0 aliphatic rings. The third kappa shape index (κ3) is 5.58. The summed E-state index contributed by atoms with van der Waals surface area (Å²) in [7, 11) is -3.18. The minimum absolute atomic E-state index is 0.0277. The van der Waals surface area contributed by atoms with Gasteiger partial charge in [0.15, 0.2) is 0 Å². The molecular weight excluding hydrogens is 222 g/mol. The van der Waals surface area contributed by atoms with Gasteiger partial charge in [-0.2, -0.15) is 12.7 Å². The van der Waals surface area contributed by atoms with Crippen molar-refractivity contribution in [1.29, 1.82) is 0 Å². The van der Waals surface area contributed by atoms with Crippen LogP contribution >= 0.6 is 0 Å². The summed E-state index contributed by atoms with van der Waals surface area (Å²) in [5.74, 6) is 0. The fraction of sp³-hybridized carbons (Fsp3) is 0.875. The van der Waals surface area contributed by atoms with E-state index < -0.39 is 16.4 Å². The third-order valence-electron chi connectivity index (χ3n) is 1.83. The van der Waals surface area contributed by atoms with Crippen LogP contribution in [0.3, 0.4) is 0 Å². The standard InChI is InChI=1S/C8H17NO5S/c1-3-4-5-6-7-14-15(12,13)9(2)8(10)11/h3-7H2,1-2H3,(H,10,11). The van der Waals surface area contributed by atoms with Crippen LogP contribution in [-0.4, -0.2) is 37.6 Å². The first kappa shape index (κ1) is 14.2. The molecule has 0 saturated carbocycles. The van der Waals surface area contributed by atoms with Crippen LogP contribution in [0.5, 0.6) is 0 Å². The van der Waals surface area contributed by atoms with Crippen LogP contribution in [0.15, 0.2) is 0 Å². The van der Waals surface area contributed by atoms with Gasteiger partial charge < -0.3 is 5.11 Å². The monoisotopic (exact) mass is 239 g/mol. The van der Waals surface area contributed by atoms with E-state index in [1.165, 1.54) is 0 Å². The first-order valence-electron chi connectivity index (χ1n) is 4.78. The number of carbonyl (C=O) groups is 1. The zero-order valence-electron chi connectivity index (χ0n) is 8.97. The minimum atomic E-state index is -4.11. The van der Waals surface area contributed by atoms with Gasteiger partial charge in [-0.3, -0.25) is 4.18 Å². The van der Waals surface area contributed by atoms with Crippen molar-refractivity contribution < 1.29 is 22.5 Å². The highest BCUT2D eigenvalue weighted by molar-refractivity contribution is 7.84. The molecule has 1 amide bonds. The number of unbranched alkanes of at least 4 members (excludes halogenated alkanes) is 3. The summed E-state index contributed by atoms with van der Waals surface area (Å²) in [5.41, 5.74) is 0. The number of hydrogen-bond acceptors (Lipinski definition) is 4. The summed E-state index contributed by atoms with van der Waals surface area (Å²) in [6, 6.07) is 0. The van der Waals surface area contributed by atoms with E-state index in [4.69, 9.17) is 5.11 Å². The maximum Gasteiger partial charge on any atom is 0.422 e. The van der Waals surface area contributed by atoms with Crippen molar-refractivity contribution in [3.8, 4) is 0 Å². The first-order valence-corrected chi connectivity index (χ1v) is 6.14. The zero-order valence-corrected chi connectivity index (χ0v) is 9.79. The molecule has 0 aliphatic carbocycles. The maximum atomic E-state index is 11.1. The molecule has 0 spiro atoms. The number of hydrogen-bond donors (Lipinski definition) is 1. The number of amides is 1.